The molecule has 0 saturated carbocycles. The van der Waals surface area contributed by atoms with Crippen LogP contribution in [0.5, 0.6) is 0 Å². The SMILES string of the molecule is CCNc1cncc(Sc2nnc3n2CCCCC3)n1. The van der Waals surface area contributed by atoms with E-state index in [1.807, 2.05) is 6.92 Å². The van der Waals surface area contributed by atoms with E-state index in [9.17, 15) is 0 Å². The Morgan fingerprint density at radius 3 is 3.10 bits per heavy atom. The lowest BCUT2D eigenvalue weighted by atomic mass is 10.2. The van der Waals surface area contributed by atoms with Gasteiger partial charge >= 0.3 is 0 Å². The second kappa shape index (κ2) is 6.21. The molecule has 0 atom stereocenters. The summed E-state index contributed by atoms with van der Waals surface area (Å²) in [6.07, 6.45) is 8.20. The number of anilines is 1. The van der Waals surface area contributed by atoms with E-state index in [4.69, 9.17) is 0 Å². The van der Waals surface area contributed by atoms with Crippen molar-refractivity contribution in [1.29, 1.82) is 0 Å². The zero-order valence-electron chi connectivity index (χ0n) is 11.5. The minimum atomic E-state index is 0.799. The molecule has 0 aliphatic carbocycles. The molecule has 1 N–H and O–H groups in total. The van der Waals surface area contributed by atoms with E-state index in [-0.39, 0.29) is 0 Å². The zero-order chi connectivity index (χ0) is 13.8. The molecular weight excluding hydrogens is 272 g/mol. The summed E-state index contributed by atoms with van der Waals surface area (Å²) in [5.41, 5.74) is 0. The summed E-state index contributed by atoms with van der Waals surface area (Å²) in [6, 6.07) is 0. The summed E-state index contributed by atoms with van der Waals surface area (Å²) in [7, 11) is 0. The van der Waals surface area contributed by atoms with Crippen LogP contribution in [0.2, 0.25) is 0 Å². The smallest absolute Gasteiger partial charge is 0.197 e. The lowest BCUT2D eigenvalue weighted by Gasteiger charge is -2.06. The molecule has 2 aromatic heterocycles. The Bertz CT molecular complexity index is 582. The van der Waals surface area contributed by atoms with Crippen molar-refractivity contribution in [3.8, 4) is 0 Å². The molecule has 6 nitrogen and oxygen atoms in total. The van der Waals surface area contributed by atoms with Crippen LogP contribution in [0.4, 0.5) is 5.82 Å². The highest BCUT2D eigenvalue weighted by atomic mass is 32.2. The quantitative estimate of drug-likeness (QED) is 0.932. The van der Waals surface area contributed by atoms with Crippen LogP contribution < -0.4 is 5.32 Å². The molecule has 0 aromatic carbocycles. The summed E-state index contributed by atoms with van der Waals surface area (Å²) < 4.78 is 2.22. The number of nitrogens with one attached hydrogen (secondary N) is 1. The van der Waals surface area contributed by atoms with Crippen molar-refractivity contribution in [2.45, 2.75) is 49.3 Å². The Balaban J connectivity index is 1.81. The number of aryl methyl sites for hydroxylation is 1. The van der Waals surface area contributed by atoms with Gasteiger partial charge in [0.15, 0.2) is 5.16 Å². The van der Waals surface area contributed by atoms with Crippen molar-refractivity contribution in [3.05, 3.63) is 18.2 Å². The van der Waals surface area contributed by atoms with Crippen LogP contribution in [-0.4, -0.2) is 31.3 Å². The molecule has 106 valence electrons. The van der Waals surface area contributed by atoms with E-state index in [0.29, 0.717) is 0 Å². The summed E-state index contributed by atoms with van der Waals surface area (Å²) in [4.78, 5) is 8.73. The van der Waals surface area contributed by atoms with E-state index >= 15 is 0 Å². The molecule has 0 unspecified atom stereocenters. The normalized spacial score (nSPS) is 14.7. The maximum atomic E-state index is 4.52. The second-order valence-electron chi connectivity index (χ2n) is 4.74. The van der Waals surface area contributed by atoms with Gasteiger partial charge in [-0.25, -0.2) is 4.98 Å². The summed E-state index contributed by atoms with van der Waals surface area (Å²) >= 11 is 1.53. The van der Waals surface area contributed by atoms with Gasteiger partial charge in [0.25, 0.3) is 0 Å². The van der Waals surface area contributed by atoms with Crippen LogP contribution in [0.25, 0.3) is 0 Å². The van der Waals surface area contributed by atoms with Crippen LogP contribution in [0.3, 0.4) is 0 Å². The topological polar surface area (TPSA) is 68.5 Å². The summed E-state index contributed by atoms with van der Waals surface area (Å²) in [5, 5.41) is 13.5. The molecule has 3 rings (SSSR count). The van der Waals surface area contributed by atoms with Gasteiger partial charge in [-0.15, -0.1) is 10.2 Å². The third-order valence-corrected chi connectivity index (χ3v) is 4.13. The van der Waals surface area contributed by atoms with E-state index in [1.54, 1.807) is 12.4 Å². The van der Waals surface area contributed by atoms with Crippen molar-refractivity contribution < 1.29 is 0 Å². The standard InChI is InChI=1S/C13H18N6S/c1-2-15-10-8-14-9-12(16-10)20-13-18-17-11-6-4-3-5-7-19(11)13/h8-9H,2-7H2,1H3,(H,15,16). The van der Waals surface area contributed by atoms with E-state index in [0.717, 1.165) is 41.3 Å². The number of fused-ring (bicyclic) bond motifs is 1. The van der Waals surface area contributed by atoms with Gasteiger partial charge in [0.2, 0.25) is 0 Å². The third-order valence-electron chi connectivity index (χ3n) is 3.24. The fourth-order valence-corrected chi connectivity index (χ4v) is 3.12. The first-order valence-corrected chi connectivity index (χ1v) is 7.84. The summed E-state index contributed by atoms with van der Waals surface area (Å²) in [6.45, 7) is 3.88. The van der Waals surface area contributed by atoms with Crippen LogP contribution in [-0.2, 0) is 13.0 Å². The van der Waals surface area contributed by atoms with E-state index in [1.165, 1.54) is 31.0 Å². The molecule has 2 aromatic rings. The van der Waals surface area contributed by atoms with Gasteiger partial charge in [-0.3, -0.25) is 4.98 Å². The average molecular weight is 290 g/mol. The first kappa shape index (κ1) is 13.4. The minimum Gasteiger partial charge on any atom is -0.369 e. The van der Waals surface area contributed by atoms with Gasteiger partial charge in [0, 0.05) is 19.5 Å². The molecule has 0 spiro atoms. The predicted molar refractivity (Wildman–Crippen MR) is 77.9 cm³/mol. The highest BCUT2D eigenvalue weighted by molar-refractivity contribution is 7.99. The molecular formula is C13H18N6S. The molecule has 0 saturated heterocycles. The average Bonchev–Trinajstić information content (AvgIpc) is 2.69. The Kier molecular flexibility index (Phi) is 4.15. The van der Waals surface area contributed by atoms with Crippen LogP contribution >= 0.6 is 11.8 Å². The molecule has 1 aliphatic heterocycles. The Morgan fingerprint density at radius 2 is 2.20 bits per heavy atom. The van der Waals surface area contributed by atoms with Gasteiger partial charge < -0.3 is 9.88 Å². The molecule has 3 heterocycles. The van der Waals surface area contributed by atoms with Crippen LogP contribution in [0.15, 0.2) is 22.6 Å². The predicted octanol–water partition coefficient (Wildman–Crippen LogP) is 2.38. The van der Waals surface area contributed by atoms with Gasteiger partial charge in [-0.05, 0) is 31.5 Å². The first-order chi connectivity index (χ1) is 9.86. The molecule has 1 aliphatic rings. The summed E-state index contributed by atoms with van der Waals surface area (Å²) in [5.74, 6) is 1.90. The molecule has 20 heavy (non-hydrogen) atoms. The Labute approximate surface area is 122 Å². The van der Waals surface area contributed by atoms with Crippen molar-refractivity contribution in [2.24, 2.45) is 0 Å². The molecule has 7 heteroatoms. The van der Waals surface area contributed by atoms with Crippen molar-refractivity contribution in [3.63, 3.8) is 0 Å². The maximum absolute atomic E-state index is 4.52. The number of nitrogens with zero attached hydrogens (tertiary/aromatic N) is 5. The maximum Gasteiger partial charge on any atom is 0.197 e. The molecule has 0 amide bonds. The van der Waals surface area contributed by atoms with Gasteiger partial charge in [0.05, 0.1) is 12.4 Å². The second-order valence-corrected chi connectivity index (χ2v) is 5.72. The number of hydrogen-bond donors (Lipinski definition) is 1. The van der Waals surface area contributed by atoms with Gasteiger partial charge in [0.1, 0.15) is 16.7 Å². The monoisotopic (exact) mass is 290 g/mol. The molecule has 0 radical (unpaired) electrons. The van der Waals surface area contributed by atoms with Gasteiger partial charge in [-0.1, -0.05) is 6.42 Å². The number of rotatable bonds is 4. The first-order valence-electron chi connectivity index (χ1n) is 7.02. The van der Waals surface area contributed by atoms with Crippen molar-refractivity contribution in [1.82, 2.24) is 24.7 Å². The van der Waals surface area contributed by atoms with E-state index < -0.39 is 0 Å². The molecule has 0 fully saturated rings. The van der Waals surface area contributed by atoms with Crippen molar-refractivity contribution in [2.75, 3.05) is 11.9 Å². The van der Waals surface area contributed by atoms with Crippen molar-refractivity contribution >= 4 is 17.6 Å². The third kappa shape index (κ3) is 2.92. The Hall–Kier alpha value is -1.63. The fourth-order valence-electron chi connectivity index (χ4n) is 2.29. The van der Waals surface area contributed by atoms with Crippen LogP contribution in [0.1, 0.15) is 32.0 Å². The number of aromatic nitrogens is 5. The lowest BCUT2D eigenvalue weighted by Crippen LogP contribution is -2.03. The highest BCUT2D eigenvalue weighted by Crippen LogP contribution is 2.27. The van der Waals surface area contributed by atoms with E-state index in [2.05, 4.69) is 30.0 Å². The Morgan fingerprint density at radius 1 is 1.25 bits per heavy atom. The fraction of sp³-hybridized carbons (Fsp3) is 0.538. The van der Waals surface area contributed by atoms with Gasteiger partial charge in [-0.2, -0.15) is 0 Å². The largest absolute Gasteiger partial charge is 0.369 e. The van der Waals surface area contributed by atoms with Crippen LogP contribution in [0, 0.1) is 0 Å². The highest BCUT2D eigenvalue weighted by Gasteiger charge is 2.16. The zero-order valence-corrected chi connectivity index (χ0v) is 12.4. The minimum absolute atomic E-state index is 0.799. The number of hydrogen-bond acceptors (Lipinski definition) is 6. The lowest BCUT2D eigenvalue weighted by molar-refractivity contribution is 0.590. The molecule has 0 bridgehead atoms.